The molecule has 0 atom stereocenters. The molecule has 9 heteroatoms. The van der Waals surface area contributed by atoms with Crippen molar-refractivity contribution in [3.63, 3.8) is 0 Å². The molecule has 140 valence electrons. The van der Waals surface area contributed by atoms with E-state index in [1.807, 2.05) is 0 Å². The highest BCUT2D eigenvalue weighted by Crippen LogP contribution is 2.25. The van der Waals surface area contributed by atoms with Gasteiger partial charge in [0.25, 0.3) is 5.56 Å². The fourth-order valence-corrected chi connectivity index (χ4v) is 2.60. The van der Waals surface area contributed by atoms with Gasteiger partial charge in [-0.2, -0.15) is 5.10 Å². The summed E-state index contributed by atoms with van der Waals surface area (Å²) in [5.74, 6) is -1.17. The highest BCUT2D eigenvalue weighted by molar-refractivity contribution is 5.90. The lowest BCUT2D eigenvalue weighted by molar-refractivity contribution is -0.117. The van der Waals surface area contributed by atoms with Crippen molar-refractivity contribution in [1.82, 2.24) is 9.78 Å². The van der Waals surface area contributed by atoms with Crippen LogP contribution in [0.5, 0.6) is 0 Å². The first-order valence-corrected chi connectivity index (χ1v) is 7.94. The Kier molecular flexibility index (Phi) is 4.76. The number of aryl methyl sites for hydroxylation is 2. The van der Waals surface area contributed by atoms with Crippen LogP contribution in [0.4, 0.5) is 20.2 Å². The number of furan rings is 1. The molecule has 0 aliphatic carbocycles. The van der Waals surface area contributed by atoms with Crippen LogP contribution in [0.2, 0.25) is 0 Å². The van der Waals surface area contributed by atoms with Gasteiger partial charge in [0.05, 0.1) is 11.4 Å². The van der Waals surface area contributed by atoms with Crippen LogP contribution in [0.1, 0.15) is 11.5 Å². The number of benzene rings is 1. The fourth-order valence-electron chi connectivity index (χ4n) is 2.60. The van der Waals surface area contributed by atoms with Crippen molar-refractivity contribution in [2.45, 2.75) is 20.4 Å². The largest absolute Gasteiger partial charge is 0.466 e. The Hall–Kier alpha value is -3.49. The van der Waals surface area contributed by atoms with Crippen LogP contribution in [-0.4, -0.2) is 15.7 Å². The van der Waals surface area contributed by atoms with Gasteiger partial charge in [-0.1, -0.05) is 0 Å². The summed E-state index contributed by atoms with van der Waals surface area (Å²) in [5, 5.41) is 6.41. The number of carbonyl (C=O) groups is 1. The lowest BCUT2D eigenvalue weighted by atomic mass is 10.1. The van der Waals surface area contributed by atoms with Crippen LogP contribution >= 0.6 is 0 Å². The topological polar surface area (TPSA) is 103 Å². The quantitative estimate of drug-likeness (QED) is 0.731. The number of rotatable bonds is 4. The molecule has 0 saturated heterocycles. The Bertz CT molecular complexity index is 1090. The van der Waals surface area contributed by atoms with Crippen LogP contribution < -0.4 is 16.6 Å². The van der Waals surface area contributed by atoms with Gasteiger partial charge in [0, 0.05) is 11.6 Å². The zero-order chi connectivity index (χ0) is 19.7. The number of nitrogen functional groups attached to an aromatic ring is 1. The highest BCUT2D eigenvalue weighted by atomic mass is 19.1. The van der Waals surface area contributed by atoms with E-state index in [1.165, 1.54) is 6.07 Å². The minimum absolute atomic E-state index is 0.0981. The number of halogens is 2. The van der Waals surface area contributed by atoms with Gasteiger partial charge in [-0.3, -0.25) is 9.59 Å². The zero-order valence-electron chi connectivity index (χ0n) is 14.5. The predicted molar refractivity (Wildman–Crippen MR) is 95.1 cm³/mol. The molecule has 0 bridgehead atoms. The first-order chi connectivity index (χ1) is 12.7. The van der Waals surface area contributed by atoms with Crippen molar-refractivity contribution in [2.75, 3.05) is 11.1 Å². The zero-order valence-corrected chi connectivity index (χ0v) is 14.5. The van der Waals surface area contributed by atoms with Crippen molar-refractivity contribution < 1.29 is 18.0 Å². The number of anilines is 2. The standard InChI is InChI=1S/C18H16F2N4O3/c1-9-5-12(10(2)27-9)16-7-14(21)18(26)24(23-16)8-17(25)22-15-4-3-11(19)6-13(15)20/h3-7H,8,21H2,1-2H3,(H,22,25). The molecule has 0 saturated carbocycles. The Morgan fingerprint density at radius 1 is 1.26 bits per heavy atom. The normalized spacial score (nSPS) is 10.8. The number of nitrogens with zero attached hydrogens (tertiary/aromatic N) is 2. The van der Waals surface area contributed by atoms with E-state index in [1.54, 1.807) is 19.9 Å². The van der Waals surface area contributed by atoms with Crippen LogP contribution in [0.15, 0.2) is 39.5 Å². The molecule has 0 spiro atoms. The molecule has 3 N–H and O–H groups in total. The summed E-state index contributed by atoms with van der Waals surface area (Å²) in [6.07, 6.45) is 0. The summed E-state index contributed by atoms with van der Waals surface area (Å²) in [7, 11) is 0. The first kappa shape index (κ1) is 18.3. The lowest BCUT2D eigenvalue weighted by Gasteiger charge is -2.10. The summed E-state index contributed by atoms with van der Waals surface area (Å²) >= 11 is 0. The van der Waals surface area contributed by atoms with E-state index in [4.69, 9.17) is 10.2 Å². The number of hydrogen-bond acceptors (Lipinski definition) is 5. The Balaban J connectivity index is 1.89. The van der Waals surface area contributed by atoms with Gasteiger partial charge in [0.1, 0.15) is 35.4 Å². The Morgan fingerprint density at radius 3 is 2.63 bits per heavy atom. The first-order valence-electron chi connectivity index (χ1n) is 7.94. The van der Waals surface area contributed by atoms with E-state index in [0.717, 1.165) is 16.8 Å². The summed E-state index contributed by atoms with van der Waals surface area (Å²) < 4.78 is 32.9. The maximum absolute atomic E-state index is 13.7. The minimum Gasteiger partial charge on any atom is -0.466 e. The maximum Gasteiger partial charge on any atom is 0.290 e. The van der Waals surface area contributed by atoms with Gasteiger partial charge in [-0.25, -0.2) is 13.5 Å². The van der Waals surface area contributed by atoms with Crippen molar-refractivity contribution in [3.8, 4) is 11.3 Å². The van der Waals surface area contributed by atoms with Gasteiger partial charge in [-0.15, -0.1) is 0 Å². The molecule has 2 aromatic heterocycles. The van der Waals surface area contributed by atoms with Gasteiger partial charge < -0.3 is 15.5 Å². The third-order valence-corrected chi connectivity index (χ3v) is 3.82. The second kappa shape index (κ2) is 7.02. The third-order valence-electron chi connectivity index (χ3n) is 3.82. The molecule has 7 nitrogen and oxygen atoms in total. The molecular weight excluding hydrogens is 358 g/mol. The van der Waals surface area contributed by atoms with E-state index in [2.05, 4.69) is 10.4 Å². The fraction of sp³-hybridized carbons (Fsp3) is 0.167. The van der Waals surface area contributed by atoms with E-state index in [0.29, 0.717) is 28.8 Å². The molecule has 3 aromatic rings. The molecule has 27 heavy (non-hydrogen) atoms. The second-order valence-electron chi connectivity index (χ2n) is 5.95. The van der Waals surface area contributed by atoms with Gasteiger partial charge in [0.2, 0.25) is 5.91 Å². The number of aromatic nitrogens is 2. The van der Waals surface area contributed by atoms with Crippen LogP contribution in [-0.2, 0) is 11.3 Å². The number of amides is 1. The van der Waals surface area contributed by atoms with E-state index < -0.39 is 29.6 Å². The Labute approximate surface area is 152 Å². The molecule has 0 aliphatic rings. The third kappa shape index (κ3) is 3.86. The molecule has 1 aromatic carbocycles. The summed E-state index contributed by atoms with van der Waals surface area (Å²) in [4.78, 5) is 24.4. The van der Waals surface area contributed by atoms with Crippen LogP contribution in [0, 0.1) is 25.5 Å². The van der Waals surface area contributed by atoms with E-state index in [9.17, 15) is 18.4 Å². The SMILES string of the molecule is Cc1cc(-c2cc(N)c(=O)n(CC(=O)Nc3ccc(F)cc3F)n2)c(C)o1. The van der Waals surface area contributed by atoms with Crippen molar-refractivity contribution in [3.05, 3.63) is 63.8 Å². The average Bonchev–Trinajstić information content (AvgIpc) is 2.92. The van der Waals surface area contributed by atoms with Crippen LogP contribution in [0.3, 0.4) is 0 Å². The smallest absolute Gasteiger partial charge is 0.290 e. The van der Waals surface area contributed by atoms with Gasteiger partial charge in [-0.05, 0) is 38.1 Å². The lowest BCUT2D eigenvalue weighted by Crippen LogP contribution is -2.31. The highest BCUT2D eigenvalue weighted by Gasteiger charge is 2.15. The molecule has 2 heterocycles. The van der Waals surface area contributed by atoms with E-state index >= 15 is 0 Å². The molecule has 1 amide bonds. The number of nitrogens with two attached hydrogens (primary N) is 1. The number of hydrogen-bond donors (Lipinski definition) is 2. The monoisotopic (exact) mass is 374 g/mol. The molecular formula is C18H16F2N4O3. The summed E-state index contributed by atoms with van der Waals surface area (Å²) in [5.41, 5.74) is 5.78. The number of nitrogens with one attached hydrogen (secondary N) is 1. The predicted octanol–water partition coefficient (Wildman–Crippen LogP) is 2.62. The van der Waals surface area contributed by atoms with Gasteiger partial charge >= 0.3 is 0 Å². The van der Waals surface area contributed by atoms with Crippen LogP contribution in [0.25, 0.3) is 11.3 Å². The minimum atomic E-state index is -0.929. The second-order valence-corrected chi connectivity index (χ2v) is 5.95. The van der Waals surface area contributed by atoms with Crippen molar-refractivity contribution >= 4 is 17.3 Å². The molecule has 0 fully saturated rings. The van der Waals surface area contributed by atoms with Crippen molar-refractivity contribution in [2.24, 2.45) is 0 Å². The maximum atomic E-state index is 13.7. The van der Waals surface area contributed by atoms with Gasteiger partial charge in [0.15, 0.2) is 0 Å². The average molecular weight is 374 g/mol. The molecule has 0 radical (unpaired) electrons. The summed E-state index contributed by atoms with van der Waals surface area (Å²) in [6, 6.07) is 5.86. The Morgan fingerprint density at radius 2 is 2.00 bits per heavy atom. The number of carbonyl (C=O) groups excluding carboxylic acids is 1. The molecule has 0 aliphatic heterocycles. The van der Waals surface area contributed by atoms with Crippen molar-refractivity contribution in [1.29, 1.82) is 0 Å². The molecule has 3 rings (SSSR count). The summed E-state index contributed by atoms with van der Waals surface area (Å²) in [6.45, 7) is 3.00. The molecule has 0 unspecified atom stereocenters. The van der Waals surface area contributed by atoms with E-state index in [-0.39, 0.29) is 11.4 Å².